The van der Waals surface area contributed by atoms with E-state index >= 15 is 0 Å². The van der Waals surface area contributed by atoms with Crippen molar-refractivity contribution in [3.8, 4) is 0 Å². The number of hydrogen-bond donors (Lipinski definition) is 2. The summed E-state index contributed by atoms with van der Waals surface area (Å²) in [5, 5.41) is 6.83. The Labute approximate surface area is 182 Å². The lowest BCUT2D eigenvalue weighted by Gasteiger charge is -2.37. The third-order valence-electron chi connectivity index (χ3n) is 6.97. The summed E-state index contributed by atoms with van der Waals surface area (Å²) in [5.74, 6) is 1.50. The maximum atomic E-state index is 13.0. The molecule has 1 aliphatic carbocycles. The lowest BCUT2D eigenvalue weighted by Crippen LogP contribution is -2.49. The van der Waals surface area contributed by atoms with Gasteiger partial charge in [-0.1, -0.05) is 43.2 Å². The van der Waals surface area contributed by atoms with Crippen molar-refractivity contribution in [2.24, 2.45) is 17.3 Å². The van der Waals surface area contributed by atoms with Gasteiger partial charge in [-0.3, -0.25) is 4.79 Å². The standard InChI is InChI=1S/C22H33N3O.2ClH/c26-21(22-11-5-4-8-20(22)15-23-17-22)24-14-19-10-13-25(16-19)12-9-18-6-2-1-3-7-18;;/h1-3,6-7,19-20,23H,4-5,8-17H2,(H,24,26);2*1H/t19?,20-,22+;;/m0../s1. The molecule has 1 aromatic rings. The average Bonchev–Trinajstić information content (AvgIpc) is 3.32. The van der Waals surface area contributed by atoms with Gasteiger partial charge in [-0.2, -0.15) is 0 Å². The molecule has 6 heteroatoms. The number of fused-ring (bicyclic) bond motifs is 1. The third kappa shape index (κ3) is 5.21. The number of carbonyl (C=O) groups is 1. The Morgan fingerprint density at radius 1 is 1.18 bits per heavy atom. The van der Waals surface area contributed by atoms with Crippen LogP contribution in [-0.4, -0.2) is 50.1 Å². The van der Waals surface area contributed by atoms with Crippen LogP contribution < -0.4 is 10.6 Å². The first-order valence-electron chi connectivity index (χ1n) is 10.5. The Morgan fingerprint density at radius 3 is 2.82 bits per heavy atom. The maximum absolute atomic E-state index is 13.0. The van der Waals surface area contributed by atoms with E-state index in [-0.39, 0.29) is 30.2 Å². The molecule has 158 valence electrons. The first kappa shape index (κ1) is 23.5. The van der Waals surface area contributed by atoms with Crippen LogP contribution >= 0.6 is 24.8 Å². The molecule has 0 radical (unpaired) electrons. The zero-order valence-corrected chi connectivity index (χ0v) is 18.3. The fraction of sp³-hybridized carbons (Fsp3) is 0.682. The summed E-state index contributed by atoms with van der Waals surface area (Å²) >= 11 is 0. The highest BCUT2D eigenvalue weighted by Crippen LogP contribution is 2.43. The predicted molar refractivity (Wildman–Crippen MR) is 119 cm³/mol. The van der Waals surface area contributed by atoms with Crippen molar-refractivity contribution in [2.75, 3.05) is 39.3 Å². The van der Waals surface area contributed by atoms with E-state index in [1.807, 2.05) is 0 Å². The van der Waals surface area contributed by atoms with E-state index in [1.165, 1.54) is 37.8 Å². The van der Waals surface area contributed by atoms with E-state index in [0.29, 0.717) is 17.7 Å². The van der Waals surface area contributed by atoms with Crippen LogP contribution in [0.15, 0.2) is 30.3 Å². The van der Waals surface area contributed by atoms with Crippen LogP contribution in [0.1, 0.15) is 37.7 Å². The van der Waals surface area contributed by atoms with Crippen LogP contribution in [0.5, 0.6) is 0 Å². The van der Waals surface area contributed by atoms with Crippen LogP contribution in [-0.2, 0) is 11.2 Å². The SMILES string of the molecule is Cl.Cl.O=C(NCC1CCN(CCc2ccccc2)C1)[C@@]12CCCC[C@H]1CNC2. The lowest BCUT2D eigenvalue weighted by atomic mass is 9.67. The fourth-order valence-corrected chi connectivity index (χ4v) is 5.32. The van der Waals surface area contributed by atoms with Crippen molar-refractivity contribution in [1.82, 2.24) is 15.5 Å². The van der Waals surface area contributed by atoms with E-state index in [0.717, 1.165) is 45.6 Å². The first-order valence-corrected chi connectivity index (χ1v) is 10.5. The van der Waals surface area contributed by atoms with E-state index in [2.05, 4.69) is 45.9 Å². The van der Waals surface area contributed by atoms with Gasteiger partial charge in [-0.25, -0.2) is 0 Å². The van der Waals surface area contributed by atoms with Crippen LogP contribution in [0.3, 0.4) is 0 Å². The summed E-state index contributed by atoms with van der Waals surface area (Å²) in [5.41, 5.74) is 1.31. The summed E-state index contributed by atoms with van der Waals surface area (Å²) in [4.78, 5) is 15.5. The van der Waals surface area contributed by atoms with Gasteiger partial charge >= 0.3 is 0 Å². The van der Waals surface area contributed by atoms with Crippen LogP contribution in [0, 0.1) is 17.3 Å². The molecule has 3 fully saturated rings. The molecule has 2 heterocycles. The number of rotatable bonds is 6. The van der Waals surface area contributed by atoms with E-state index in [4.69, 9.17) is 0 Å². The molecule has 0 bridgehead atoms. The fourth-order valence-electron chi connectivity index (χ4n) is 5.32. The van der Waals surface area contributed by atoms with Crippen LogP contribution in [0.25, 0.3) is 0 Å². The number of nitrogens with zero attached hydrogens (tertiary/aromatic N) is 1. The summed E-state index contributed by atoms with van der Waals surface area (Å²) < 4.78 is 0. The number of likely N-dealkylation sites (tertiary alicyclic amines) is 1. The third-order valence-corrected chi connectivity index (χ3v) is 6.97. The summed E-state index contributed by atoms with van der Waals surface area (Å²) in [6.07, 6.45) is 7.13. The van der Waals surface area contributed by atoms with Gasteiger partial charge in [0, 0.05) is 26.2 Å². The van der Waals surface area contributed by atoms with Gasteiger partial charge in [-0.15, -0.1) is 24.8 Å². The number of hydrogen-bond acceptors (Lipinski definition) is 3. The lowest BCUT2D eigenvalue weighted by molar-refractivity contribution is -0.134. The molecule has 3 atom stereocenters. The van der Waals surface area contributed by atoms with Crippen LogP contribution in [0.4, 0.5) is 0 Å². The highest BCUT2D eigenvalue weighted by Gasteiger charge is 2.49. The maximum Gasteiger partial charge on any atom is 0.227 e. The minimum absolute atomic E-state index is 0. The molecular weight excluding hydrogens is 393 g/mol. The molecule has 4 rings (SSSR count). The normalized spacial score (nSPS) is 29.4. The molecule has 3 aliphatic rings. The molecule has 0 aromatic heterocycles. The average molecular weight is 428 g/mol. The molecule has 1 aromatic carbocycles. The highest BCUT2D eigenvalue weighted by atomic mass is 35.5. The number of nitrogens with one attached hydrogen (secondary N) is 2. The molecule has 4 nitrogen and oxygen atoms in total. The summed E-state index contributed by atoms with van der Waals surface area (Å²) in [7, 11) is 0. The van der Waals surface area contributed by atoms with Gasteiger partial charge in [-0.05, 0) is 56.2 Å². The van der Waals surface area contributed by atoms with Crippen molar-refractivity contribution in [1.29, 1.82) is 0 Å². The van der Waals surface area contributed by atoms with Gasteiger partial charge in [0.05, 0.1) is 5.41 Å². The summed E-state index contributed by atoms with van der Waals surface area (Å²) in [6.45, 7) is 6.20. The van der Waals surface area contributed by atoms with Gasteiger partial charge in [0.2, 0.25) is 5.91 Å². The van der Waals surface area contributed by atoms with Gasteiger partial charge < -0.3 is 15.5 Å². The molecular formula is C22H35Cl2N3O. The van der Waals surface area contributed by atoms with Crippen molar-refractivity contribution >= 4 is 30.7 Å². The zero-order valence-electron chi connectivity index (χ0n) is 16.7. The number of halogens is 2. The quantitative estimate of drug-likeness (QED) is 0.731. The topological polar surface area (TPSA) is 44.4 Å². The molecule has 0 spiro atoms. The Morgan fingerprint density at radius 2 is 2.00 bits per heavy atom. The summed E-state index contributed by atoms with van der Waals surface area (Å²) in [6, 6.07) is 10.7. The van der Waals surface area contributed by atoms with Crippen molar-refractivity contribution in [3.63, 3.8) is 0 Å². The second kappa shape index (κ2) is 10.8. The number of benzene rings is 1. The van der Waals surface area contributed by atoms with Gasteiger partial charge in [0.25, 0.3) is 0 Å². The van der Waals surface area contributed by atoms with Crippen molar-refractivity contribution in [3.05, 3.63) is 35.9 Å². The minimum Gasteiger partial charge on any atom is -0.355 e. The Hall–Kier alpha value is -0.810. The van der Waals surface area contributed by atoms with Crippen LogP contribution in [0.2, 0.25) is 0 Å². The molecule has 2 N–H and O–H groups in total. The van der Waals surface area contributed by atoms with E-state index in [9.17, 15) is 4.79 Å². The monoisotopic (exact) mass is 427 g/mol. The van der Waals surface area contributed by atoms with Gasteiger partial charge in [0.15, 0.2) is 0 Å². The second-order valence-corrected chi connectivity index (χ2v) is 8.63. The van der Waals surface area contributed by atoms with Gasteiger partial charge in [0.1, 0.15) is 0 Å². The predicted octanol–water partition coefficient (Wildman–Crippen LogP) is 3.29. The molecule has 28 heavy (non-hydrogen) atoms. The van der Waals surface area contributed by atoms with Crippen molar-refractivity contribution < 1.29 is 4.79 Å². The van der Waals surface area contributed by atoms with E-state index in [1.54, 1.807) is 0 Å². The smallest absolute Gasteiger partial charge is 0.227 e. The van der Waals surface area contributed by atoms with Crippen molar-refractivity contribution in [2.45, 2.75) is 38.5 Å². The molecule has 1 unspecified atom stereocenters. The minimum atomic E-state index is -0.107. The Balaban J connectivity index is 0.00000140. The Kier molecular flexibility index (Phi) is 9.07. The molecule has 2 saturated heterocycles. The second-order valence-electron chi connectivity index (χ2n) is 8.63. The number of amides is 1. The van der Waals surface area contributed by atoms with E-state index < -0.39 is 0 Å². The molecule has 1 amide bonds. The first-order chi connectivity index (χ1) is 12.8. The molecule has 1 saturated carbocycles. The highest BCUT2D eigenvalue weighted by molar-refractivity contribution is 5.85. The number of carbonyl (C=O) groups excluding carboxylic acids is 1. The zero-order chi connectivity index (χ0) is 17.8. The Bertz CT molecular complexity index is 615. The molecule has 2 aliphatic heterocycles. The largest absolute Gasteiger partial charge is 0.355 e.